The average Bonchev–Trinajstić information content (AvgIpc) is 2.78. The molecule has 1 aliphatic heterocycles. The molecular weight excluding hydrogens is 522 g/mol. The van der Waals surface area contributed by atoms with Crippen molar-refractivity contribution in [2.45, 2.75) is 39.0 Å². The second kappa shape index (κ2) is 13.6. The van der Waals surface area contributed by atoms with E-state index in [9.17, 15) is 4.39 Å². The largest absolute Gasteiger partial charge is 0.467 e. The molecule has 2 N–H and O–H groups in total. The zero-order valence-electron chi connectivity index (χ0n) is 19.1. The predicted octanol–water partition coefficient (Wildman–Crippen LogP) is 3.93. The number of hydrogen-bond acceptors (Lipinski definition) is 4. The van der Waals surface area contributed by atoms with E-state index in [0.717, 1.165) is 42.3 Å². The molecule has 0 aliphatic carbocycles. The van der Waals surface area contributed by atoms with Crippen LogP contribution in [0.3, 0.4) is 0 Å². The van der Waals surface area contributed by atoms with Gasteiger partial charge in [-0.05, 0) is 50.1 Å². The number of halogens is 2. The van der Waals surface area contributed by atoms with E-state index in [1.807, 2.05) is 6.07 Å². The lowest BCUT2D eigenvalue weighted by Crippen LogP contribution is -2.40. The predicted molar refractivity (Wildman–Crippen MR) is 137 cm³/mol. The molecule has 1 aliphatic rings. The highest BCUT2D eigenvalue weighted by molar-refractivity contribution is 14.0. The van der Waals surface area contributed by atoms with Crippen molar-refractivity contribution in [3.8, 4) is 5.75 Å². The molecule has 0 saturated heterocycles. The molecule has 0 radical (unpaired) electrons. The normalized spacial score (nSPS) is 14.2. The Balaban J connectivity index is 0.00000363. The van der Waals surface area contributed by atoms with Gasteiger partial charge in [-0.15, -0.1) is 24.0 Å². The zero-order valence-corrected chi connectivity index (χ0v) is 21.4. The topological polar surface area (TPSA) is 58.1 Å². The van der Waals surface area contributed by atoms with Crippen molar-refractivity contribution in [3.63, 3.8) is 0 Å². The van der Waals surface area contributed by atoms with Crippen molar-refractivity contribution in [2.75, 3.05) is 34.0 Å². The summed E-state index contributed by atoms with van der Waals surface area (Å²) in [6, 6.07) is 13.9. The number of guanidine groups is 1. The summed E-state index contributed by atoms with van der Waals surface area (Å²) >= 11 is 0. The van der Waals surface area contributed by atoms with Crippen LogP contribution in [-0.2, 0) is 24.3 Å². The van der Waals surface area contributed by atoms with Crippen LogP contribution < -0.4 is 15.4 Å². The average molecular weight is 556 g/mol. The van der Waals surface area contributed by atoms with Gasteiger partial charge >= 0.3 is 0 Å². The molecule has 6 nitrogen and oxygen atoms in total. The van der Waals surface area contributed by atoms with Crippen LogP contribution in [0.25, 0.3) is 0 Å². The Morgan fingerprint density at radius 3 is 2.69 bits per heavy atom. The molecule has 2 aromatic rings. The lowest BCUT2D eigenvalue weighted by molar-refractivity contribution is -0.0172. The summed E-state index contributed by atoms with van der Waals surface area (Å²) < 4.78 is 24.7. The van der Waals surface area contributed by atoms with Gasteiger partial charge in [0.25, 0.3) is 0 Å². The number of aliphatic imine (C=N–C) groups is 1. The van der Waals surface area contributed by atoms with E-state index >= 15 is 0 Å². The van der Waals surface area contributed by atoms with E-state index in [0.29, 0.717) is 25.6 Å². The summed E-state index contributed by atoms with van der Waals surface area (Å²) in [5.41, 5.74) is 2.92. The Hall–Kier alpha value is -1.91. The quantitative estimate of drug-likeness (QED) is 0.279. The van der Waals surface area contributed by atoms with Crippen LogP contribution in [0.1, 0.15) is 30.0 Å². The molecule has 0 amide bonds. The number of nitrogens with zero attached hydrogens (tertiary/aromatic N) is 2. The van der Waals surface area contributed by atoms with Crippen molar-refractivity contribution >= 4 is 29.9 Å². The molecule has 0 saturated carbocycles. The third kappa shape index (κ3) is 7.90. The van der Waals surface area contributed by atoms with Gasteiger partial charge in [-0.1, -0.05) is 30.3 Å². The molecular formula is C24H34FIN4O2. The summed E-state index contributed by atoms with van der Waals surface area (Å²) in [4.78, 5) is 6.64. The molecule has 32 heavy (non-hydrogen) atoms. The molecule has 8 heteroatoms. The van der Waals surface area contributed by atoms with Gasteiger partial charge in [0.05, 0.1) is 6.61 Å². The first kappa shape index (κ1) is 26.3. The summed E-state index contributed by atoms with van der Waals surface area (Å²) in [6.45, 7) is 5.20. The molecule has 0 bridgehead atoms. The van der Waals surface area contributed by atoms with E-state index in [2.05, 4.69) is 58.8 Å². The minimum Gasteiger partial charge on any atom is -0.467 e. The number of nitrogens with one attached hydrogen (secondary N) is 2. The van der Waals surface area contributed by atoms with Crippen LogP contribution in [0.4, 0.5) is 4.39 Å². The van der Waals surface area contributed by atoms with Gasteiger partial charge in [-0.3, -0.25) is 9.89 Å². The number of ether oxygens (including phenoxy) is 2. The summed E-state index contributed by atoms with van der Waals surface area (Å²) in [6.07, 6.45) is 1.63. The highest BCUT2D eigenvalue weighted by atomic mass is 127. The maximum atomic E-state index is 13.9. The molecule has 1 heterocycles. The molecule has 0 fully saturated rings. The first-order valence-corrected chi connectivity index (χ1v) is 10.8. The van der Waals surface area contributed by atoms with E-state index in [1.54, 1.807) is 7.05 Å². The zero-order chi connectivity index (χ0) is 22.1. The van der Waals surface area contributed by atoms with E-state index in [4.69, 9.17) is 9.47 Å². The molecule has 1 unspecified atom stereocenters. The molecule has 1 atom stereocenters. The van der Waals surface area contributed by atoms with Crippen LogP contribution >= 0.6 is 24.0 Å². The monoisotopic (exact) mass is 556 g/mol. The van der Waals surface area contributed by atoms with E-state index in [1.165, 1.54) is 17.7 Å². The second-order valence-electron chi connectivity index (χ2n) is 7.88. The Labute approximate surface area is 207 Å². The fourth-order valence-corrected chi connectivity index (χ4v) is 3.63. The van der Waals surface area contributed by atoms with Gasteiger partial charge in [0.1, 0.15) is 11.6 Å². The Kier molecular flexibility index (Phi) is 11.2. The highest BCUT2D eigenvalue weighted by Crippen LogP contribution is 2.29. The van der Waals surface area contributed by atoms with Crippen molar-refractivity contribution in [3.05, 3.63) is 65.0 Å². The molecule has 0 spiro atoms. The molecule has 3 rings (SSSR count). The van der Waals surface area contributed by atoms with Gasteiger partial charge in [-0.2, -0.15) is 0 Å². The number of hydrogen-bond donors (Lipinski definition) is 2. The van der Waals surface area contributed by atoms with Crippen molar-refractivity contribution in [1.82, 2.24) is 15.5 Å². The first-order chi connectivity index (χ1) is 15.1. The molecule has 176 valence electrons. The fourth-order valence-electron chi connectivity index (χ4n) is 3.63. The van der Waals surface area contributed by atoms with Gasteiger partial charge in [0, 0.05) is 38.3 Å². The van der Waals surface area contributed by atoms with Crippen molar-refractivity contribution in [2.24, 2.45) is 4.99 Å². The second-order valence-corrected chi connectivity index (χ2v) is 7.88. The highest BCUT2D eigenvalue weighted by Gasteiger charge is 2.17. The third-order valence-electron chi connectivity index (χ3n) is 5.54. The van der Waals surface area contributed by atoms with Gasteiger partial charge in [-0.25, -0.2) is 4.39 Å². The van der Waals surface area contributed by atoms with Crippen LogP contribution in [0.5, 0.6) is 5.75 Å². The van der Waals surface area contributed by atoms with Gasteiger partial charge in [0.15, 0.2) is 12.8 Å². The number of fused-ring (bicyclic) bond motifs is 1. The summed E-state index contributed by atoms with van der Waals surface area (Å²) in [7, 11) is 3.91. The third-order valence-corrected chi connectivity index (χ3v) is 5.54. The first-order valence-electron chi connectivity index (χ1n) is 10.8. The fraction of sp³-hybridized carbons (Fsp3) is 0.458. The Morgan fingerprint density at radius 1 is 1.19 bits per heavy atom. The summed E-state index contributed by atoms with van der Waals surface area (Å²) in [5, 5.41) is 6.67. The maximum Gasteiger partial charge on any atom is 0.190 e. The van der Waals surface area contributed by atoms with Crippen molar-refractivity contribution < 1.29 is 13.9 Å². The molecule has 0 aromatic heterocycles. The minimum atomic E-state index is -0.265. The van der Waals surface area contributed by atoms with Crippen LogP contribution in [0.2, 0.25) is 0 Å². The van der Waals surface area contributed by atoms with E-state index < -0.39 is 0 Å². The lowest BCUT2D eigenvalue weighted by atomic mass is 10.1. The smallest absolute Gasteiger partial charge is 0.190 e. The van der Waals surface area contributed by atoms with Gasteiger partial charge < -0.3 is 20.1 Å². The number of benzene rings is 2. The SMILES string of the molecule is CN=C(NCCc1cc(F)cc2c1OCOC2)NCCC(C)N(C)Cc1ccccc1.I. The molecule has 2 aromatic carbocycles. The Bertz CT molecular complexity index is 867. The van der Waals surface area contributed by atoms with Crippen LogP contribution in [0, 0.1) is 5.82 Å². The summed E-state index contributed by atoms with van der Waals surface area (Å²) in [5.74, 6) is 1.22. The van der Waals surface area contributed by atoms with Crippen molar-refractivity contribution in [1.29, 1.82) is 0 Å². The minimum absolute atomic E-state index is 0. The Morgan fingerprint density at radius 2 is 1.94 bits per heavy atom. The van der Waals surface area contributed by atoms with Crippen LogP contribution in [-0.4, -0.2) is 50.9 Å². The maximum absolute atomic E-state index is 13.9. The van der Waals surface area contributed by atoms with Crippen LogP contribution in [0.15, 0.2) is 47.5 Å². The van der Waals surface area contributed by atoms with Gasteiger partial charge in [0.2, 0.25) is 0 Å². The number of rotatable bonds is 9. The van der Waals surface area contributed by atoms with E-state index in [-0.39, 0.29) is 36.6 Å². The lowest BCUT2D eigenvalue weighted by Gasteiger charge is -2.25. The standard InChI is InChI=1S/C24H33FN4O2.HI/c1-18(29(3)15-19-7-5-4-6-8-19)9-11-27-24(26-2)28-12-10-20-13-22(25)14-21-16-30-17-31-23(20)21;/h4-8,13-14,18H,9-12,15-17H2,1-3H3,(H2,26,27,28);1H.